The molecular formula is C24H21FN4O. The first-order chi connectivity index (χ1) is 14.5. The van der Waals surface area contributed by atoms with E-state index in [9.17, 15) is 9.18 Å². The predicted octanol–water partition coefficient (Wildman–Crippen LogP) is 5.31. The van der Waals surface area contributed by atoms with E-state index in [1.54, 1.807) is 22.9 Å². The van der Waals surface area contributed by atoms with Gasteiger partial charge in [-0.1, -0.05) is 29.8 Å². The maximum Gasteiger partial charge on any atom is 0.256 e. The second-order valence-electron chi connectivity index (χ2n) is 7.83. The lowest BCUT2D eigenvalue weighted by Gasteiger charge is -2.10. The number of nitrogens with zero attached hydrogens (tertiary/aromatic N) is 3. The number of halogens is 1. The topological polar surface area (TPSA) is 59.8 Å². The quantitative estimate of drug-likeness (QED) is 0.505. The molecule has 1 saturated carbocycles. The molecule has 1 aliphatic rings. The fraction of sp³-hybridized carbons (Fsp3) is 0.208. The number of aryl methyl sites for hydroxylation is 2. The third-order valence-electron chi connectivity index (χ3n) is 5.47. The van der Waals surface area contributed by atoms with Gasteiger partial charge in [-0.2, -0.15) is 5.10 Å². The average Bonchev–Trinajstić information content (AvgIpc) is 3.54. The normalized spacial score (nSPS) is 13.6. The number of amides is 1. The Balaban J connectivity index is 1.67. The predicted molar refractivity (Wildman–Crippen MR) is 115 cm³/mol. The Kier molecular flexibility index (Phi) is 4.35. The van der Waals surface area contributed by atoms with E-state index in [4.69, 9.17) is 4.98 Å². The molecule has 2 heterocycles. The molecule has 30 heavy (non-hydrogen) atoms. The largest absolute Gasteiger partial charge is 0.319 e. The molecule has 4 aromatic rings. The average molecular weight is 400 g/mol. The number of anilines is 1. The standard InChI is InChI=1S/C24H21FN4O/c1-14-7-11-17(12-8-14)29-23-22(15(2)28-29)18(13-21(26-23)16-9-10-16)24(30)27-20-6-4-3-5-19(20)25/h3-8,11-13,16H,9-10H2,1-2H3,(H,27,30). The highest BCUT2D eigenvalue weighted by Gasteiger charge is 2.29. The molecular weight excluding hydrogens is 379 g/mol. The summed E-state index contributed by atoms with van der Waals surface area (Å²) in [6.45, 7) is 3.90. The number of nitrogens with one attached hydrogen (secondary N) is 1. The molecule has 0 radical (unpaired) electrons. The number of pyridine rings is 1. The van der Waals surface area contributed by atoms with Gasteiger partial charge < -0.3 is 5.32 Å². The number of hydrogen-bond acceptors (Lipinski definition) is 3. The molecule has 2 aromatic heterocycles. The van der Waals surface area contributed by atoms with E-state index in [2.05, 4.69) is 10.4 Å². The minimum atomic E-state index is -0.467. The molecule has 150 valence electrons. The fourth-order valence-corrected chi connectivity index (χ4v) is 3.69. The van der Waals surface area contributed by atoms with Crippen LogP contribution in [0.25, 0.3) is 16.7 Å². The number of hydrogen-bond donors (Lipinski definition) is 1. The Bertz CT molecular complexity index is 1270. The Hall–Kier alpha value is -3.54. The highest BCUT2D eigenvalue weighted by atomic mass is 19.1. The highest BCUT2D eigenvalue weighted by molar-refractivity contribution is 6.13. The maximum atomic E-state index is 14.1. The summed E-state index contributed by atoms with van der Waals surface area (Å²) in [6.07, 6.45) is 2.12. The number of para-hydroxylation sites is 1. The lowest BCUT2D eigenvalue weighted by Crippen LogP contribution is -2.14. The van der Waals surface area contributed by atoms with Crippen molar-refractivity contribution in [2.45, 2.75) is 32.6 Å². The van der Waals surface area contributed by atoms with Crippen LogP contribution in [0.2, 0.25) is 0 Å². The molecule has 5 nitrogen and oxygen atoms in total. The molecule has 0 aliphatic heterocycles. The van der Waals surface area contributed by atoms with Crippen LogP contribution >= 0.6 is 0 Å². The van der Waals surface area contributed by atoms with Crippen molar-refractivity contribution >= 4 is 22.6 Å². The Morgan fingerprint density at radius 1 is 1.10 bits per heavy atom. The van der Waals surface area contributed by atoms with Crippen LogP contribution in [0, 0.1) is 19.7 Å². The Labute approximate surface area is 173 Å². The molecule has 1 aliphatic carbocycles. The number of carbonyl (C=O) groups excluding carboxylic acids is 1. The zero-order valence-corrected chi connectivity index (χ0v) is 16.8. The lowest BCUT2D eigenvalue weighted by molar-refractivity contribution is 0.102. The van der Waals surface area contributed by atoms with Crippen LogP contribution in [-0.2, 0) is 0 Å². The van der Waals surface area contributed by atoms with Crippen molar-refractivity contribution in [3.05, 3.63) is 82.9 Å². The van der Waals surface area contributed by atoms with E-state index in [0.717, 1.165) is 29.8 Å². The van der Waals surface area contributed by atoms with Crippen molar-refractivity contribution in [3.8, 4) is 5.69 Å². The Morgan fingerprint density at radius 3 is 2.53 bits per heavy atom. The van der Waals surface area contributed by atoms with Crippen molar-refractivity contribution in [1.29, 1.82) is 0 Å². The summed E-state index contributed by atoms with van der Waals surface area (Å²) in [7, 11) is 0. The first kappa shape index (κ1) is 18.5. The van der Waals surface area contributed by atoms with Gasteiger partial charge in [-0.25, -0.2) is 14.1 Å². The summed E-state index contributed by atoms with van der Waals surface area (Å²) < 4.78 is 15.9. The molecule has 0 saturated heterocycles. The van der Waals surface area contributed by atoms with E-state index in [-0.39, 0.29) is 11.6 Å². The van der Waals surface area contributed by atoms with E-state index >= 15 is 0 Å². The minimum absolute atomic E-state index is 0.156. The number of aromatic nitrogens is 3. The van der Waals surface area contributed by atoms with Gasteiger partial charge in [0.15, 0.2) is 5.65 Å². The summed E-state index contributed by atoms with van der Waals surface area (Å²) in [5.41, 5.74) is 4.92. The summed E-state index contributed by atoms with van der Waals surface area (Å²) in [5, 5.41) is 8.08. The number of fused-ring (bicyclic) bond motifs is 1. The summed E-state index contributed by atoms with van der Waals surface area (Å²) in [5.74, 6) is -0.470. The SMILES string of the molecule is Cc1ccc(-n2nc(C)c3c(C(=O)Nc4ccccc4F)cc(C4CC4)nc32)cc1. The van der Waals surface area contributed by atoms with Crippen LogP contribution in [0.1, 0.15) is 46.1 Å². The van der Waals surface area contributed by atoms with Crippen LogP contribution in [0.5, 0.6) is 0 Å². The van der Waals surface area contributed by atoms with Gasteiger partial charge in [-0.15, -0.1) is 0 Å². The molecule has 1 N–H and O–H groups in total. The maximum absolute atomic E-state index is 14.1. The van der Waals surface area contributed by atoms with Crippen molar-refractivity contribution in [2.24, 2.45) is 0 Å². The van der Waals surface area contributed by atoms with Crippen LogP contribution < -0.4 is 5.32 Å². The molecule has 1 amide bonds. The van der Waals surface area contributed by atoms with Gasteiger partial charge >= 0.3 is 0 Å². The summed E-state index contributed by atoms with van der Waals surface area (Å²) >= 11 is 0. The summed E-state index contributed by atoms with van der Waals surface area (Å²) in [4.78, 5) is 18.0. The van der Waals surface area contributed by atoms with Gasteiger partial charge in [0.2, 0.25) is 0 Å². The van der Waals surface area contributed by atoms with Crippen LogP contribution in [0.3, 0.4) is 0 Å². The van der Waals surface area contributed by atoms with E-state index in [1.807, 2.05) is 44.2 Å². The number of benzene rings is 2. The molecule has 1 fully saturated rings. The second-order valence-corrected chi connectivity index (χ2v) is 7.83. The van der Waals surface area contributed by atoms with Gasteiger partial charge in [0.25, 0.3) is 5.91 Å². The van der Waals surface area contributed by atoms with E-state index < -0.39 is 5.82 Å². The zero-order chi connectivity index (χ0) is 20.8. The van der Waals surface area contributed by atoms with Gasteiger partial charge in [0.05, 0.1) is 28.0 Å². The van der Waals surface area contributed by atoms with E-state index in [1.165, 1.54) is 6.07 Å². The number of carbonyl (C=O) groups is 1. The Morgan fingerprint density at radius 2 is 1.83 bits per heavy atom. The van der Waals surface area contributed by atoms with Gasteiger partial charge in [0, 0.05) is 11.6 Å². The smallest absolute Gasteiger partial charge is 0.256 e. The third-order valence-corrected chi connectivity index (χ3v) is 5.47. The van der Waals surface area contributed by atoms with Crippen molar-refractivity contribution in [3.63, 3.8) is 0 Å². The molecule has 0 atom stereocenters. The minimum Gasteiger partial charge on any atom is -0.319 e. The van der Waals surface area contributed by atoms with Crippen LogP contribution in [-0.4, -0.2) is 20.7 Å². The first-order valence-corrected chi connectivity index (χ1v) is 10.0. The zero-order valence-electron chi connectivity index (χ0n) is 16.8. The second kappa shape index (κ2) is 7.06. The lowest BCUT2D eigenvalue weighted by atomic mass is 10.1. The molecule has 0 unspecified atom stereocenters. The van der Waals surface area contributed by atoms with Crippen molar-refractivity contribution in [1.82, 2.24) is 14.8 Å². The van der Waals surface area contributed by atoms with Crippen LogP contribution in [0.15, 0.2) is 54.6 Å². The van der Waals surface area contributed by atoms with Gasteiger partial charge in [-0.3, -0.25) is 4.79 Å². The summed E-state index contributed by atoms with van der Waals surface area (Å²) in [6, 6.07) is 16.0. The molecule has 0 spiro atoms. The van der Waals surface area contributed by atoms with Crippen molar-refractivity contribution in [2.75, 3.05) is 5.32 Å². The molecule has 0 bridgehead atoms. The van der Waals surface area contributed by atoms with Gasteiger partial charge in [-0.05, 0) is 57.0 Å². The molecule has 6 heteroatoms. The van der Waals surface area contributed by atoms with Crippen molar-refractivity contribution < 1.29 is 9.18 Å². The highest BCUT2D eigenvalue weighted by Crippen LogP contribution is 2.40. The third kappa shape index (κ3) is 3.24. The molecule has 5 rings (SSSR count). The first-order valence-electron chi connectivity index (χ1n) is 10.0. The fourth-order valence-electron chi connectivity index (χ4n) is 3.69. The van der Waals surface area contributed by atoms with E-state index in [0.29, 0.717) is 28.2 Å². The van der Waals surface area contributed by atoms with Gasteiger partial charge in [0.1, 0.15) is 5.82 Å². The number of rotatable bonds is 4. The van der Waals surface area contributed by atoms with Crippen LogP contribution in [0.4, 0.5) is 10.1 Å². The molecule has 2 aromatic carbocycles. The monoisotopic (exact) mass is 400 g/mol.